The summed E-state index contributed by atoms with van der Waals surface area (Å²) in [6.07, 6.45) is -0.513. The normalized spacial score (nSPS) is 16.1. The van der Waals surface area contributed by atoms with Crippen LogP contribution in [0.3, 0.4) is 0 Å². The predicted octanol–water partition coefficient (Wildman–Crippen LogP) is 3.07. The number of carbonyl (C=O) groups excluding carboxylic acids is 1. The lowest BCUT2D eigenvalue weighted by Crippen LogP contribution is -2.49. The fourth-order valence-corrected chi connectivity index (χ4v) is 3.50. The first-order chi connectivity index (χ1) is 13.4. The lowest BCUT2D eigenvalue weighted by atomic mass is 10.1. The minimum Gasteiger partial charge on any atom is -0.491 e. The molecule has 150 valence electrons. The third kappa shape index (κ3) is 5.33. The Kier molecular flexibility index (Phi) is 6.70. The van der Waals surface area contributed by atoms with Gasteiger partial charge < -0.3 is 14.7 Å². The van der Waals surface area contributed by atoms with Gasteiger partial charge in [-0.05, 0) is 62.2 Å². The lowest BCUT2D eigenvalue weighted by molar-refractivity contribution is 0.0660. The van der Waals surface area contributed by atoms with E-state index in [4.69, 9.17) is 4.74 Å². The molecule has 0 radical (unpaired) electrons. The SMILES string of the molecule is CC(=O)c1ccc(N2CCN(CC(O)COc3cc(C)ccc3C)CC2)cc1. The molecule has 0 aliphatic carbocycles. The summed E-state index contributed by atoms with van der Waals surface area (Å²) in [7, 11) is 0. The summed E-state index contributed by atoms with van der Waals surface area (Å²) in [6.45, 7) is 10.2. The molecule has 1 N–H and O–H groups in total. The van der Waals surface area contributed by atoms with E-state index in [0.29, 0.717) is 13.2 Å². The zero-order chi connectivity index (χ0) is 20.1. The van der Waals surface area contributed by atoms with Crippen LogP contribution in [0, 0.1) is 13.8 Å². The van der Waals surface area contributed by atoms with Gasteiger partial charge in [-0.3, -0.25) is 9.69 Å². The van der Waals surface area contributed by atoms with Crippen LogP contribution >= 0.6 is 0 Å². The van der Waals surface area contributed by atoms with Crippen LogP contribution in [0.5, 0.6) is 5.75 Å². The summed E-state index contributed by atoms with van der Waals surface area (Å²) < 4.78 is 5.83. The van der Waals surface area contributed by atoms with E-state index in [0.717, 1.165) is 54.3 Å². The first-order valence-corrected chi connectivity index (χ1v) is 9.89. The molecule has 0 aromatic heterocycles. The van der Waals surface area contributed by atoms with Gasteiger partial charge in [-0.1, -0.05) is 12.1 Å². The number of hydrogen-bond acceptors (Lipinski definition) is 5. The molecule has 1 aliphatic rings. The molecule has 2 aromatic carbocycles. The molecule has 0 spiro atoms. The van der Waals surface area contributed by atoms with Crippen LogP contribution in [0.25, 0.3) is 0 Å². The molecule has 1 aliphatic heterocycles. The fraction of sp³-hybridized carbons (Fsp3) is 0.435. The summed E-state index contributed by atoms with van der Waals surface area (Å²) >= 11 is 0. The molecule has 2 aromatic rings. The molecular weight excluding hydrogens is 352 g/mol. The number of ether oxygens (including phenoxy) is 1. The highest BCUT2D eigenvalue weighted by Crippen LogP contribution is 2.20. The fourth-order valence-electron chi connectivity index (χ4n) is 3.50. The first kappa shape index (κ1) is 20.4. The molecule has 0 amide bonds. The van der Waals surface area contributed by atoms with Crippen molar-refractivity contribution in [3.63, 3.8) is 0 Å². The number of ketones is 1. The summed E-state index contributed by atoms with van der Waals surface area (Å²) in [5.41, 5.74) is 4.13. The molecule has 28 heavy (non-hydrogen) atoms. The number of Topliss-reactive ketones (excluding diaryl/α,β-unsaturated/α-hetero) is 1. The summed E-state index contributed by atoms with van der Waals surface area (Å²) in [5.74, 6) is 0.936. The van der Waals surface area contributed by atoms with Gasteiger partial charge in [0.2, 0.25) is 0 Å². The second-order valence-corrected chi connectivity index (χ2v) is 7.62. The maximum Gasteiger partial charge on any atom is 0.159 e. The van der Waals surface area contributed by atoms with Gasteiger partial charge >= 0.3 is 0 Å². The lowest BCUT2D eigenvalue weighted by Gasteiger charge is -2.37. The highest BCUT2D eigenvalue weighted by molar-refractivity contribution is 5.94. The number of aliphatic hydroxyl groups excluding tert-OH is 1. The largest absolute Gasteiger partial charge is 0.491 e. The molecule has 5 heteroatoms. The summed E-state index contributed by atoms with van der Waals surface area (Å²) in [4.78, 5) is 16.0. The average molecular weight is 383 g/mol. The molecule has 1 saturated heterocycles. The van der Waals surface area contributed by atoms with Crippen LogP contribution in [0.4, 0.5) is 5.69 Å². The number of rotatable bonds is 7. The monoisotopic (exact) mass is 382 g/mol. The molecule has 1 heterocycles. The van der Waals surface area contributed by atoms with E-state index in [1.54, 1.807) is 6.92 Å². The number of aryl methyl sites for hydroxylation is 2. The van der Waals surface area contributed by atoms with Crippen LogP contribution in [0.2, 0.25) is 0 Å². The molecule has 3 rings (SSSR count). The van der Waals surface area contributed by atoms with Crippen LogP contribution in [-0.4, -0.2) is 61.2 Å². The van der Waals surface area contributed by atoms with Crippen molar-refractivity contribution in [1.29, 1.82) is 0 Å². The average Bonchev–Trinajstić information content (AvgIpc) is 2.69. The Bertz CT molecular complexity index is 796. The van der Waals surface area contributed by atoms with Gasteiger partial charge in [0.15, 0.2) is 5.78 Å². The second-order valence-electron chi connectivity index (χ2n) is 7.62. The number of aliphatic hydroxyl groups is 1. The Labute approximate surface area is 167 Å². The van der Waals surface area contributed by atoms with Gasteiger partial charge in [0.25, 0.3) is 0 Å². The Morgan fingerprint density at radius 3 is 2.39 bits per heavy atom. The van der Waals surface area contributed by atoms with Gasteiger partial charge in [-0.15, -0.1) is 0 Å². The molecular formula is C23H30N2O3. The van der Waals surface area contributed by atoms with E-state index in [1.165, 1.54) is 0 Å². The van der Waals surface area contributed by atoms with Crippen molar-refractivity contribution in [2.75, 3.05) is 44.2 Å². The Balaban J connectivity index is 1.44. The number of piperazine rings is 1. The smallest absolute Gasteiger partial charge is 0.159 e. The summed E-state index contributed by atoms with van der Waals surface area (Å²) in [5, 5.41) is 10.4. The van der Waals surface area contributed by atoms with E-state index in [-0.39, 0.29) is 5.78 Å². The number of nitrogens with zero attached hydrogens (tertiary/aromatic N) is 2. The van der Waals surface area contributed by atoms with Crippen LogP contribution in [-0.2, 0) is 0 Å². The third-order valence-corrected chi connectivity index (χ3v) is 5.26. The molecule has 1 fully saturated rings. The van der Waals surface area contributed by atoms with E-state index in [1.807, 2.05) is 50.2 Å². The molecule has 1 atom stereocenters. The Hall–Kier alpha value is -2.37. The minimum atomic E-state index is -0.513. The standard InChI is InChI=1S/C23H30N2O3/c1-17-4-5-18(2)23(14-17)28-16-22(27)15-24-10-12-25(13-11-24)21-8-6-20(7-9-21)19(3)26/h4-9,14,22,27H,10-13,15-16H2,1-3H3. The van der Waals surface area contributed by atoms with E-state index in [2.05, 4.69) is 15.9 Å². The number of β-amino-alcohol motifs (C(OH)–C–C–N with tert-alkyl or cyclic N) is 1. The third-order valence-electron chi connectivity index (χ3n) is 5.26. The van der Waals surface area contributed by atoms with E-state index >= 15 is 0 Å². The first-order valence-electron chi connectivity index (χ1n) is 9.89. The van der Waals surface area contributed by atoms with Gasteiger partial charge in [-0.25, -0.2) is 0 Å². The van der Waals surface area contributed by atoms with Gasteiger partial charge in [0, 0.05) is 44.0 Å². The van der Waals surface area contributed by atoms with Crippen molar-refractivity contribution < 1.29 is 14.6 Å². The topological polar surface area (TPSA) is 53.0 Å². The van der Waals surface area contributed by atoms with Crippen molar-refractivity contribution in [2.24, 2.45) is 0 Å². The second kappa shape index (κ2) is 9.22. The van der Waals surface area contributed by atoms with E-state index < -0.39 is 6.10 Å². The molecule has 1 unspecified atom stereocenters. The van der Waals surface area contributed by atoms with Crippen molar-refractivity contribution in [3.05, 3.63) is 59.2 Å². The van der Waals surface area contributed by atoms with Crippen LogP contribution < -0.4 is 9.64 Å². The minimum absolute atomic E-state index is 0.0911. The number of benzene rings is 2. The highest BCUT2D eigenvalue weighted by Gasteiger charge is 2.20. The number of hydrogen-bond donors (Lipinski definition) is 1. The van der Waals surface area contributed by atoms with Crippen molar-refractivity contribution in [1.82, 2.24) is 4.90 Å². The van der Waals surface area contributed by atoms with Gasteiger partial charge in [0.05, 0.1) is 0 Å². The van der Waals surface area contributed by atoms with Crippen molar-refractivity contribution in [2.45, 2.75) is 26.9 Å². The van der Waals surface area contributed by atoms with Gasteiger partial charge in [0.1, 0.15) is 18.5 Å². The van der Waals surface area contributed by atoms with Crippen LogP contribution in [0.15, 0.2) is 42.5 Å². The van der Waals surface area contributed by atoms with Crippen molar-refractivity contribution in [3.8, 4) is 5.75 Å². The van der Waals surface area contributed by atoms with E-state index in [9.17, 15) is 9.90 Å². The maximum absolute atomic E-state index is 11.4. The Morgan fingerprint density at radius 2 is 1.75 bits per heavy atom. The maximum atomic E-state index is 11.4. The zero-order valence-corrected chi connectivity index (χ0v) is 17.0. The van der Waals surface area contributed by atoms with Crippen molar-refractivity contribution >= 4 is 11.5 Å². The van der Waals surface area contributed by atoms with Crippen LogP contribution in [0.1, 0.15) is 28.4 Å². The quantitative estimate of drug-likeness (QED) is 0.746. The molecule has 0 saturated carbocycles. The molecule has 5 nitrogen and oxygen atoms in total. The predicted molar refractivity (Wildman–Crippen MR) is 113 cm³/mol. The number of anilines is 1. The van der Waals surface area contributed by atoms with Gasteiger partial charge in [-0.2, -0.15) is 0 Å². The zero-order valence-electron chi connectivity index (χ0n) is 17.0. The Morgan fingerprint density at radius 1 is 1.07 bits per heavy atom. The number of carbonyl (C=O) groups is 1. The molecule has 0 bridgehead atoms. The summed E-state index contributed by atoms with van der Waals surface area (Å²) in [6, 6.07) is 13.9. The highest BCUT2D eigenvalue weighted by atomic mass is 16.5.